The lowest BCUT2D eigenvalue weighted by molar-refractivity contribution is -0.113. The van der Waals surface area contributed by atoms with Gasteiger partial charge in [0.1, 0.15) is 16.5 Å². The first-order chi connectivity index (χ1) is 11.9. The van der Waals surface area contributed by atoms with E-state index < -0.39 is 17.5 Å². The fourth-order valence-electron chi connectivity index (χ4n) is 2.00. The molecule has 0 atom stereocenters. The lowest BCUT2D eigenvalue weighted by Gasteiger charge is -2.05. The van der Waals surface area contributed by atoms with Gasteiger partial charge in [0.05, 0.1) is 22.1 Å². The van der Waals surface area contributed by atoms with E-state index in [2.05, 4.69) is 20.5 Å². The van der Waals surface area contributed by atoms with Crippen molar-refractivity contribution >= 4 is 34.7 Å². The number of aromatic nitrogens is 3. The Morgan fingerprint density at radius 3 is 2.84 bits per heavy atom. The molecule has 0 saturated carbocycles. The van der Waals surface area contributed by atoms with Gasteiger partial charge in [0.25, 0.3) is 11.1 Å². The minimum absolute atomic E-state index is 0.0850. The fourth-order valence-corrected chi connectivity index (χ4v) is 3.40. The predicted octanol–water partition coefficient (Wildman–Crippen LogP) is 3.82. The molecule has 0 aliphatic carbocycles. The molecule has 6 nitrogen and oxygen atoms in total. The van der Waals surface area contributed by atoms with E-state index in [-0.39, 0.29) is 16.7 Å². The summed E-state index contributed by atoms with van der Waals surface area (Å²) >= 11 is 2.44. The Morgan fingerprint density at radius 1 is 1.32 bits per heavy atom. The molecular weight excluding hydrogens is 370 g/mol. The van der Waals surface area contributed by atoms with Crippen LogP contribution in [0.2, 0.25) is 0 Å². The number of halogens is 2. The van der Waals surface area contributed by atoms with E-state index >= 15 is 0 Å². The van der Waals surface area contributed by atoms with E-state index in [1.165, 1.54) is 11.3 Å². The summed E-state index contributed by atoms with van der Waals surface area (Å²) < 4.78 is 32.1. The second-order valence-electron chi connectivity index (χ2n) is 4.98. The number of thioether (sulfide) groups is 1. The molecule has 3 rings (SSSR count). The van der Waals surface area contributed by atoms with Gasteiger partial charge in [0.15, 0.2) is 0 Å². The quantitative estimate of drug-likeness (QED) is 0.676. The molecule has 0 aliphatic rings. The molecule has 0 unspecified atom stereocenters. The molecule has 2 heterocycles. The summed E-state index contributed by atoms with van der Waals surface area (Å²) in [5, 5.41) is 11.2. The Hall–Kier alpha value is -2.33. The summed E-state index contributed by atoms with van der Waals surface area (Å²) in [4.78, 5) is 16.9. The molecule has 1 aromatic carbocycles. The minimum atomic E-state index is -0.712. The van der Waals surface area contributed by atoms with Crippen LogP contribution in [0.3, 0.4) is 0 Å². The second-order valence-corrected chi connectivity index (χ2v) is 7.11. The van der Waals surface area contributed by atoms with Crippen LogP contribution in [-0.4, -0.2) is 26.8 Å². The van der Waals surface area contributed by atoms with Crippen molar-refractivity contribution in [1.29, 1.82) is 0 Å². The maximum atomic E-state index is 13.5. The molecule has 3 aromatic rings. The molecule has 0 spiro atoms. The number of nitrogens with zero attached hydrogens (tertiary/aromatic N) is 3. The number of nitrogens with one attached hydrogen (secondary N) is 1. The number of rotatable bonds is 5. The van der Waals surface area contributed by atoms with Crippen molar-refractivity contribution in [2.75, 3.05) is 11.1 Å². The number of anilines is 1. The topological polar surface area (TPSA) is 80.9 Å². The van der Waals surface area contributed by atoms with Crippen molar-refractivity contribution in [3.8, 4) is 10.8 Å². The highest BCUT2D eigenvalue weighted by atomic mass is 32.2. The van der Waals surface area contributed by atoms with Crippen LogP contribution < -0.4 is 5.32 Å². The Kier molecular flexibility index (Phi) is 5.09. The van der Waals surface area contributed by atoms with Gasteiger partial charge >= 0.3 is 0 Å². The van der Waals surface area contributed by atoms with Crippen molar-refractivity contribution in [1.82, 2.24) is 15.2 Å². The summed E-state index contributed by atoms with van der Waals surface area (Å²) in [7, 11) is 0. The largest absolute Gasteiger partial charge is 0.410 e. The number of benzene rings is 1. The van der Waals surface area contributed by atoms with Crippen LogP contribution in [0.5, 0.6) is 0 Å². The highest BCUT2D eigenvalue weighted by Gasteiger charge is 2.16. The van der Waals surface area contributed by atoms with Gasteiger partial charge < -0.3 is 9.73 Å². The Labute approximate surface area is 149 Å². The molecule has 1 N–H and O–H groups in total. The van der Waals surface area contributed by atoms with E-state index in [4.69, 9.17) is 4.42 Å². The third-order valence-corrected chi connectivity index (χ3v) is 4.91. The summed E-state index contributed by atoms with van der Waals surface area (Å²) in [6.07, 6.45) is 0. The standard InChI is InChI=1S/C15H12F2N4O2S2/c1-7-13(25-8(2)18-7)14-20-21-15(23-14)24-6-12(22)19-11-5-9(16)3-4-10(11)17/h3-5H,6H2,1-2H3,(H,19,22). The van der Waals surface area contributed by atoms with Gasteiger partial charge in [-0.2, -0.15) is 0 Å². The molecule has 0 saturated heterocycles. The summed E-state index contributed by atoms with van der Waals surface area (Å²) in [5.74, 6) is -1.61. The van der Waals surface area contributed by atoms with Gasteiger partial charge in [0.2, 0.25) is 5.91 Å². The zero-order valence-corrected chi connectivity index (χ0v) is 14.8. The van der Waals surface area contributed by atoms with Crippen LogP contribution in [0.25, 0.3) is 10.8 Å². The Balaban J connectivity index is 1.61. The van der Waals surface area contributed by atoms with E-state index in [1.54, 1.807) is 0 Å². The number of aryl methyl sites for hydroxylation is 2. The first kappa shape index (κ1) is 17.5. The molecule has 130 valence electrons. The van der Waals surface area contributed by atoms with Crippen molar-refractivity contribution < 1.29 is 18.0 Å². The van der Waals surface area contributed by atoms with Crippen LogP contribution in [0.15, 0.2) is 27.8 Å². The van der Waals surface area contributed by atoms with Crippen LogP contribution in [-0.2, 0) is 4.79 Å². The number of amides is 1. The zero-order chi connectivity index (χ0) is 18.0. The van der Waals surface area contributed by atoms with Crippen molar-refractivity contribution in [3.05, 3.63) is 40.5 Å². The highest BCUT2D eigenvalue weighted by molar-refractivity contribution is 7.99. The maximum Gasteiger partial charge on any atom is 0.277 e. The second kappa shape index (κ2) is 7.28. The lowest BCUT2D eigenvalue weighted by Crippen LogP contribution is -2.15. The normalized spacial score (nSPS) is 10.9. The van der Waals surface area contributed by atoms with E-state index in [0.717, 1.165) is 45.5 Å². The molecule has 0 fully saturated rings. The van der Waals surface area contributed by atoms with Gasteiger partial charge in [-0.1, -0.05) is 11.8 Å². The van der Waals surface area contributed by atoms with E-state index in [1.807, 2.05) is 13.8 Å². The Morgan fingerprint density at radius 2 is 2.12 bits per heavy atom. The van der Waals surface area contributed by atoms with Crippen LogP contribution >= 0.6 is 23.1 Å². The van der Waals surface area contributed by atoms with Gasteiger partial charge in [-0.15, -0.1) is 21.5 Å². The number of carbonyl (C=O) groups excluding carboxylic acids is 1. The minimum Gasteiger partial charge on any atom is -0.410 e. The lowest BCUT2D eigenvalue weighted by atomic mass is 10.3. The fraction of sp³-hybridized carbons (Fsp3) is 0.200. The monoisotopic (exact) mass is 382 g/mol. The number of hydrogen-bond acceptors (Lipinski definition) is 7. The first-order valence-electron chi connectivity index (χ1n) is 7.08. The predicted molar refractivity (Wildman–Crippen MR) is 90.6 cm³/mol. The molecule has 0 aliphatic heterocycles. The average molecular weight is 382 g/mol. The molecule has 25 heavy (non-hydrogen) atoms. The smallest absolute Gasteiger partial charge is 0.277 e. The van der Waals surface area contributed by atoms with Crippen molar-refractivity contribution in [3.63, 3.8) is 0 Å². The van der Waals surface area contributed by atoms with E-state index in [0.29, 0.717) is 5.89 Å². The third kappa shape index (κ3) is 4.20. The van der Waals surface area contributed by atoms with Gasteiger partial charge in [-0.3, -0.25) is 4.79 Å². The van der Waals surface area contributed by atoms with Gasteiger partial charge in [0, 0.05) is 6.07 Å². The van der Waals surface area contributed by atoms with Crippen molar-refractivity contribution in [2.45, 2.75) is 19.1 Å². The third-order valence-electron chi connectivity index (χ3n) is 3.03. The van der Waals surface area contributed by atoms with Crippen LogP contribution in [0, 0.1) is 25.5 Å². The molecule has 0 bridgehead atoms. The SMILES string of the molecule is Cc1nc(C)c(-c2nnc(SCC(=O)Nc3cc(F)ccc3F)o2)s1. The van der Waals surface area contributed by atoms with E-state index in [9.17, 15) is 13.6 Å². The van der Waals surface area contributed by atoms with Crippen LogP contribution in [0.1, 0.15) is 10.7 Å². The summed E-state index contributed by atoms with van der Waals surface area (Å²) in [6, 6.07) is 2.84. The first-order valence-corrected chi connectivity index (χ1v) is 8.88. The molecule has 10 heteroatoms. The van der Waals surface area contributed by atoms with Crippen molar-refractivity contribution in [2.24, 2.45) is 0 Å². The number of carbonyl (C=O) groups is 1. The molecule has 2 aromatic heterocycles. The summed E-state index contributed by atoms with van der Waals surface area (Å²) in [5.41, 5.74) is 0.578. The Bertz CT molecular complexity index is 926. The molecular formula is C15H12F2N4O2S2. The van der Waals surface area contributed by atoms with Crippen LogP contribution in [0.4, 0.5) is 14.5 Å². The molecule has 1 amide bonds. The number of thiazole rings is 1. The maximum absolute atomic E-state index is 13.5. The number of hydrogen-bond donors (Lipinski definition) is 1. The van der Waals surface area contributed by atoms with Gasteiger partial charge in [-0.25, -0.2) is 13.8 Å². The highest BCUT2D eigenvalue weighted by Crippen LogP contribution is 2.30. The van der Waals surface area contributed by atoms with Gasteiger partial charge in [-0.05, 0) is 26.0 Å². The summed E-state index contributed by atoms with van der Waals surface area (Å²) in [6.45, 7) is 3.72. The molecule has 0 radical (unpaired) electrons. The average Bonchev–Trinajstić information content (AvgIpc) is 3.15. The zero-order valence-electron chi connectivity index (χ0n) is 13.2.